The fourth-order valence-electron chi connectivity index (χ4n) is 3.89. The van der Waals surface area contributed by atoms with Gasteiger partial charge >= 0.3 is 5.76 Å². The van der Waals surface area contributed by atoms with Crippen molar-refractivity contribution in [3.05, 3.63) is 31.7 Å². The zero-order chi connectivity index (χ0) is 18.7. The minimum Gasteiger partial charge on any atom is -0.406 e. The number of nitrogens with zero attached hydrogens (tertiary/aromatic N) is 2. The Labute approximate surface area is 169 Å². The molecule has 1 aromatic heterocycles. The SMILES string of the molecule is CCCCC1CCCCN1CCCn1c(=O)oc2c(Cl)cc(Cl)c(Cl)c21. The van der Waals surface area contributed by atoms with E-state index in [1.165, 1.54) is 44.6 Å². The molecule has 0 saturated carbocycles. The molecule has 0 aliphatic carbocycles. The van der Waals surface area contributed by atoms with Crippen molar-refractivity contribution < 1.29 is 4.42 Å². The Bertz CT molecular complexity index is 815. The number of rotatable bonds is 7. The Kier molecular flexibility index (Phi) is 6.95. The predicted molar refractivity (Wildman–Crippen MR) is 109 cm³/mol. The van der Waals surface area contributed by atoms with Gasteiger partial charge < -0.3 is 9.32 Å². The van der Waals surface area contributed by atoms with Crippen molar-refractivity contribution in [3.8, 4) is 0 Å². The van der Waals surface area contributed by atoms with E-state index in [1.807, 2.05) is 0 Å². The van der Waals surface area contributed by atoms with Crippen molar-refractivity contribution in [3.63, 3.8) is 0 Å². The highest BCUT2D eigenvalue weighted by Gasteiger charge is 2.22. The van der Waals surface area contributed by atoms with Crippen LogP contribution in [0.3, 0.4) is 0 Å². The summed E-state index contributed by atoms with van der Waals surface area (Å²) in [6.07, 6.45) is 8.50. The highest BCUT2D eigenvalue weighted by atomic mass is 35.5. The molecule has 1 saturated heterocycles. The minimum atomic E-state index is -0.438. The van der Waals surface area contributed by atoms with Crippen LogP contribution >= 0.6 is 34.8 Å². The van der Waals surface area contributed by atoms with Crippen molar-refractivity contribution in [2.75, 3.05) is 13.1 Å². The topological polar surface area (TPSA) is 38.4 Å². The lowest BCUT2D eigenvalue weighted by atomic mass is 9.97. The van der Waals surface area contributed by atoms with Crippen LogP contribution in [0.5, 0.6) is 0 Å². The smallest absolute Gasteiger partial charge is 0.406 e. The number of likely N-dealkylation sites (tertiary alicyclic amines) is 1. The summed E-state index contributed by atoms with van der Waals surface area (Å²) in [7, 11) is 0. The van der Waals surface area contributed by atoms with Crippen LogP contribution in [0.4, 0.5) is 0 Å². The Balaban J connectivity index is 1.72. The Morgan fingerprint density at radius 2 is 1.96 bits per heavy atom. The molecule has 0 bridgehead atoms. The van der Waals surface area contributed by atoms with Crippen LogP contribution in [0.1, 0.15) is 51.9 Å². The van der Waals surface area contributed by atoms with Crippen LogP contribution in [0.25, 0.3) is 11.1 Å². The van der Waals surface area contributed by atoms with E-state index in [-0.39, 0.29) is 0 Å². The van der Waals surface area contributed by atoms with Gasteiger partial charge in [-0.1, -0.05) is 61.0 Å². The Morgan fingerprint density at radius 3 is 2.73 bits per heavy atom. The number of aromatic nitrogens is 1. The van der Waals surface area contributed by atoms with E-state index in [9.17, 15) is 4.79 Å². The number of aryl methyl sites for hydroxylation is 1. The molecule has 1 aliphatic rings. The van der Waals surface area contributed by atoms with E-state index < -0.39 is 5.76 Å². The third-order valence-electron chi connectivity index (χ3n) is 5.25. The van der Waals surface area contributed by atoms with Crippen molar-refractivity contribution in [1.29, 1.82) is 0 Å². The first-order valence-electron chi connectivity index (χ1n) is 9.43. The predicted octanol–water partition coefficient (Wildman–Crippen LogP) is 5.99. The number of unbranched alkanes of at least 4 members (excludes halogenated alkanes) is 1. The average Bonchev–Trinajstić information content (AvgIpc) is 2.96. The van der Waals surface area contributed by atoms with Crippen LogP contribution < -0.4 is 5.76 Å². The molecule has 0 spiro atoms. The molecule has 2 aromatic rings. The second kappa shape index (κ2) is 9.01. The molecule has 1 aliphatic heterocycles. The summed E-state index contributed by atoms with van der Waals surface area (Å²) in [6.45, 7) is 4.90. The molecule has 1 atom stereocenters. The summed E-state index contributed by atoms with van der Waals surface area (Å²) in [5.41, 5.74) is 0.806. The van der Waals surface area contributed by atoms with Crippen LogP contribution in [-0.4, -0.2) is 28.6 Å². The third-order valence-corrected chi connectivity index (χ3v) is 6.31. The molecule has 26 heavy (non-hydrogen) atoms. The largest absolute Gasteiger partial charge is 0.420 e. The van der Waals surface area contributed by atoms with Gasteiger partial charge in [-0.25, -0.2) is 4.79 Å². The van der Waals surface area contributed by atoms with Gasteiger partial charge in [0.05, 0.1) is 15.1 Å². The summed E-state index contributed by atoms with van der Waals surface area (Å²) < 4.78 is 6.86. The summed E-state index contributed by atoms with van der Waals surface area (Å²) in [5.74, 6) is -0.438. The lowest BCUT2D eigenvalue weighted by molar-refractivity contribution is 0.134. The zero-order valence-electron chi connectivity index (χ0n) is 15.1. The van der Waals surface area contributed by atoms with E-state index in [2.05, 4.69) is 11.8 Å². The maximum Gasteiger partial charge on any atom is 0.420 e. The first-order chi connectivity index (χ1) is 12.5. The lowest BCUT2D eigenvalue weighted by Gasteiger charge is -2.36. The molecule has 0 radical (unpaired) electrons. The minimum absolute atomic E-state index is 0.306. The average molecular weight is 420 g/mol. The molecular weight excluding hydrogens is 395 g/mol. The lowest BCUT2D eigenvalue weighted by Crippen LogP contribution is -2.40. The number of benzene rings is 1. The molecule has 2 heterocycles. The normalized spacial score (nSPS) is 18.7. The Hall–Kier alpha value is -0.680. The molecule has 3 rings (SSSR count). The van der Waals surface area contributed by atoms with E-state index >= 15 is 0 Å². The number of fused-ring (bicyclic) bond motifs is 1. The van der Waals surface area contributed by atoms with Gasteiger partial charge in [0.25, 0.3) is 0 Å². The van der Waals surface area contributed by atoms with Crippen LogP contribution in [0, 0.1) is 0 Å². The van der Waals surface area contributed by atoms with Crippen molar-refractivity contribution >= 4 is 45.9 Å². The van der Waals surface area contributed by atoms with Gasteiger partial charge in [0, 0.05) is 19.1 Å². The van der Waals surface area contributed by atoms with Crippen LogP contribution in [-0.2, 0) is 6.54 Å². The van der Waals surface area contributed by atoms with Crippen molar-refractivity contribution in [2.45, 2.75) is 64.5 Å². The molecule has 1 unspecified atom stereocenters. The standard InChI is InChI=1S/C19H25Cl3N2O2/c1-2-3-7-13-8-4-5-9-23(13)10-6-11-24-17-16(22)14(20)12-15(21)18(17)26-19(24)25/h12-13H,2-11H2,1H3. The van der Waals surface area contributed by atoms with E-state index in [1.54, 1.807) is 4.57 Å². The van der Waals surface area contributed by atoms with Crippen LogP contribution in [0.15, 0.2) is 15.3 Å². The fraction of sp³-hybridized carbons (Fsp3) is 0.632. The molecule has 4 nitrogen and oxygen atoms in total. The molecule has 1 aromatic carbocycles. The van der Waals surface area contributed by atoms with E-state index in [4.69, 9.17) is 39.2 Å². The zero-order valence-corrected chi connectivity index (χ0v) is 17.3. The van der Waals surface area contributed by atoms with Gasteiger partial charge in [0.1, 0.15) is 5.52 Å². The molecule has 7 heteroatoms. The number of hydrogen-bond acceptors (Lipinski definition) is 3. The summed E-state index contributed by atoms with van der Waals surface area (Å²) in [6, 6.07) is 2.18. The van der Waals surface area contributed by atoms with Gasteiger partial charge in [0.2, 0.25) is 0 Å². The van der Waals surface area contributed by atoms with Crippen molar-refractivity contribution in [2.24, 2.45) is 0 Å². The highest BCUT2D eigenvalue weighted by molar-refractivity contribution is 6.47. The summed E-state index contributed by atoms with van der Waals surface area (Å²) >= 11 is 18.6. The first kappa shape index (κ1) is 20.1. The third kappa shape index (κ3) is 4.24. The van der Waals surface area contributed by atoms with Gasteiger partial charge in [-0.3, -0.25) is 4.57 Å². The molecule has 144 valence electrons. The highest BCUT2D eigenvalue weighted by Crippen LogP contribution is 2.35. The van der Waals surface area contributed by atoms with E-state index in [0.717, 1.165) is 19.5 Å². The molecule has 0 amide bonds. The number of piperidine rings is 1. The van der Waals surface area contributed by atoms with E-state index in [0.29, 0.717) is 38.8 Å². The monoisotopic (exact) mass is 418 g/mol. The van der Waals surface area contributed by atoms with Gasteiger partial charge in [-0.2, -0.15) is 0 Å². The summed E-state index contributed by atoms with van der Waals surface area (Å²) in [4.78, 5) is 14.8. The molecule has 0 N–H and O–H groups in total. The molecular formula is C19H25Cl3N2O2. The van der Waals surface area contributed by atoms with Gasteiger partial charge in [0.15, 0.2) is 5.58 Å². The Morgan fingerprint density at radius 1 is 1.15 bits per heavy atom. The maximum atomic E-state index is 12.3. The second-order valence-corrected chi connectivity index (χ2v) is 8.23. The maximum absolute atomic E-state index is 12.3. The summed E-state index contributed by atoms with van der Waals surface area (Å²) in [5, 5.41) is 0.950. The quantitative estimate of drug-likeness (QED) is 0.517. The number of halogens is 3. The first-order valence-corrected chi connectivity index (χ1v) is 10.6. The van der Waals surface area contributed by atoms with Gasteiger partial charge in [-0.05, 0) is 38.3 Å². The fourth-order valence-corrected chi connectivity index (χ4v) is 4.63. The van der Waals surface area contributed by atoms with Crippen LogP contribution in [0.2, 0.25) is 15.1 Å². The molecule has 1 fully saturated rings. The van der Waals surface area contributed by atoms with Gasteiger partial charge in [-0.15, -0.1) is 0 Å². The number of oxazole rings is 1. The van der Waals surface area contributed by atoms with Crippen molar-refractivity contribution in [1.82, 2.24) is 9.47 Å². The second-order valence-electron chi connectivity index (χ2n) is 7.03. The number of hydrogen-bond donors (Lipinski definition) is 0.